The first-order valence-electron chi connectivity index (χ1n) is 5.88. The summed E-state index contributed by atoms with van der Waals surface area (Å²) in [5, 5.41) is 30.0. The fourth-order valence-corrected chi connectivity index (χ4v) is 2.30. The fourth-order valence-electron chi connectivity index (χ4n) is 2.06. The smallest absolute Gasteiger partial charge is 0.337 e. The average Bonchev–Trinajstić information content (AvgIpc) is 2.41. The third-order valence-electron chi connectivity index (χ3n) is 3.00. The van der Waals surface area contributed by atoms with Gasteiger partial charge in [0.1, 0.15) is 0 Å². The minimum absolute atomic E-state index is 0.0919. The van der Waals surface area contributed by atoms with Crippen molar-refractivity contribution >= 4 is 23.1 Å². The van der Waals surface area contributed by atoms with Crippen LogP contribution in [0.3, 0.4) is 0 Å². The molecule has 110 valence electrons. The lowest BCUT2D eigenvalue weighted by atomic mass is 9.89. The minimum Gasteiger partial charge on any atom is -0.502 e. The number of carboxylic acids is 1. The largest absolute Gasteiger partial charge is 0.502 e. The van der Waals surface area contributed by atoms with Crippen LogP contribution in [0.5, 0.6) is 0 Å². The van der Waals surface area contributed by atoms with Gasteiger partial charge in [0.25, 0.3) is 5.70 Å². The van der Waals surface area contributed by atoms with Crippen LogP contribution >= 0.6 is 11.6 Å². The summed E-state index contributed by atoms with van der Waals surface area (Å²) in [6, 6.07) is 1.27. The predicted molar refractivity (Wildman–Crippen MR) is 74.7 cm³/mol. The van der Waals surface area contributed by atoms with Gasteiger partial charge in [-0.25, -0.2) is 4.79 Å². The van der Waals surface area contributed by atoms with E-state index in [0.717, 1.165) is 6.20 Å². The Morgan fingerprint density at radius 3 is 2.76 bits per heavy atom. The first-order valence-corrected chi connectivity index (χ1v) is 6.26. The van der Waals surface area contributed by atoms with E-state index in [9.17, 15) is 20.0 Å². The van der Waals surface area contributed by atoms with Gasteiger partial charge in [-0.15, -0.1) is 11.6 Å². The van der Waals surface area contributed by atoms with Gasteiger partial charge in [-0.05, 0) is 13.0 Å². The second-order valence-electron chi connectivity index (χ2n) is 4.83. The summed E-state index contributed by atoms with van der Waals surface area (Å²) < 4.78 is 0. The Hall–Kier alpha value is -2.41. The second kappa shape index (κ2) is 5.17. The molecule has 0 spiro atoms. The Bertz CT molecular complexity index is 694. The summed E-state index contributed by atoms with van der Waals surface area (Å²) >= 11 is 6.16. The molecule has 8 heteroatoms. The minimum atomic E-state index is -1.19. The van der Waals surface area contributed by atoms with Crippen LogP contribution in [0.15, 0.2) is 36.0 Å². The van der Waals surface area contributed by atoms with Crippen molar-refractivity contribution in [3.05, 3.63) is 57.2 Å². The van der Waals surface area contributed by atoms with Gasteiger partial charge in [0.2, 0.25) is 0 Å². The molecule has 1 aromatic rings. The number of halogens is 1. The van der Waals surface area contributed by atoms with Crippen LogP contribution in [0, 0.1) is 10.1 Å². The van der Waals surface area contributed by atoms with E-state index in [1.807, 2.05) is 0 Å². The fraction of sp³-hybridized carbons (Fsp3) is 0.231. The zero-order valence-electron chi connectivity index (χ0n) is 10.9. The number of rotatable bonds is 3. The third-order valence-corrected chi connectivity index (χ3v) is 3.25. The maximum absolute atomic E-state index is 11.0. The van der Waals surface area contributed by atoms with Crippen molar-refractivity contribution < 1.29 is 19.9 Å². The molecule has 21 heavy (non-hydrogen) atoms. The predicted octanol–water partition coefficient (Wildman–Crippen LogP) is 2.61. The summed E-state index contributed by atoms with van der Waals surface area (Å²) in [5.74, 6) is -1.71. The van der Waals surface area contributed by atoms with Crippen molar-refractivity contribution in [2.45, 2.75) is 18.2 Å². The Kier molecular flexibility index (Phi) is 3.69. The highest BCUT2D eigenvalue weighted by Gasteiger charge is 2.36. The van der Waals surface area contributed by atoms with E-state index in [2.05, 4.69) is 4.98 Å². The van der Waals surface area contributed by atoms with Crippen LogP contribution in [0.1, 0.15) is 29.3 Å². The van der Waals surface area contributed by atoms with Gasteiger partial charge >= 0.3 is 5.97 Å². The van der Waals surface area contributed by atoms with E-state index in [0.29, 0.717) is 0 Å². The molecule has 1 aliphatic carbocycles. The van der Waals surface area contributed by atoms with Crippen LogP contribution in [0.25, 0.3) is 5.57 Å². The second-order valence-corrected chi connectivity index (χ2v) is 5.70. The molecule has 0 radical (unpaired) electrons. The van der Waals surface area contributed by atoms with Crippen molar-refractivity contribution in [2.24, 2.45) is 0 Å². The molecule has 1 heterocycles. The number of aliphatic hydroxyl groups is 1. The monoisotopic (exact) mass is 310 g/mol. The quantitative estimate of drug-likeness (QED) is 0.504. The zero-order valence-corrected chi connectivity index (χ0v) is 11.7. The molecule has 1 aromatic heterocycles. The molecule has 2 N–H and O–H groups in total. The van der Waals surface area contributed by atoms with Crippen molar-refractivity contribution in [2.75, 3.05) is 0 Å². The maximum Gasteiger partial charge on any atom is 0.337 e. The van der Waals surface area contributed by atoms with Crippen LogP contribution in [0.2, 0.25) is 0 Å². The van der Waals surface area contributed by atoms with Gasteiger partial charge < -0.3 is 10.2 Å². The van der Waals surface area contributed by atoms with Crippen LogP contribution < -0.4 is 0 Å². The molecule has 1 atom stereocenters. The third kappa shape index (κ3) is 3.03. The maximum atomic E-state index is 11.0. The van der Waals surface area contributed by atoms with Gasteiger partial charge in [-0.3, -0.25) is 15.1 Å². The van der Waals surface area contributed by atoms with E-state index in [1.165, 1.54) is 18.3 Å². The van der Waals surface area contributed by atoms with Crippen molar-refractivity contribution in [1.29, 1.82) is 0 Å². The number of nitro groups is 1. The molecule has 0 amide bonds. The van der Waals surface area contributed by atoms with E-state index >= 15 is 0 Å². The Morgan fingerprint density at radius 2 is 2.19 bits per heavy atom. The molecular weight excluding hydrogens is 300 g/mol. The number of pyridine rings is 1. The van der Waals surface area contributed by atoms with Gasteiger partial charge in [0.15, 0.2) is 5.76 Å². The molecule has 2 rings (SSSR count). The number of carbonyl (C=O) groups is 1. The number of hydrogen-bond acceptors (Lipinski definition) is 5. The number of allylic oxidation sites excluding steroid dienone is 3. The van der Waals surface area contributed by atoms with Crippen LogP contribution in [-0.4, -0.2) is 31.0 Å². The van der Waals surface area contributed by atoms with Gasteiger partial charge in [0, 0.05) is 23.5 Å². The Labute approximate surface area is 124 Å². The lowest BCUT2D eigenvalue weighted by Gasteiger charge is -2.23. The van der Waals surface area contributed by atoms with E-state index < -0.39 is 27.2 Å². The van der Waals surface area contributed by atoms with Crippen molar-refractivity contribution in [3.8, 4) is 0 Å². The topological polar surface area (TPSA) is 114 Å². The average molecular weight is 311 g/mol. The zero-order chi connectivity index (χ0) is 15.8. The van der Waals surface area contributed by atoms with E-state index in [1.54, 1.807) is 6.92 Å². The number of alkyl halides is 1. The Morgan fingerprint density at radius 1 is 1.52 bits per heavy atom. The normalized spacial score (nSPS) is 21.9. The molecule has 0 saturated carbocycles. The highest BCUT2D eigenvalue weighted by atomic mass is 35.5. The molecule has 0 bridgehead atoms. The van der Waals surface area contributed by atoms with E-state index in [4.69, 9.17) is 16.7 Å². The van der Waals surface area contributed by atoms with Crippen molar-refractivity contribution in [1.82, 2.24) is 4.98 Å². The molecule has 0 aromatic carbocycles. The molecule has 0 fully saturated rings. The van der Waals surface area contributed by atoms with Crippen molar-refractivity contribution in [3.63, 3.8) is 0 Å². The molecule has 7 nitrogen and oxygen atoms in total. The summed E-state index contributed by atoms with van der Waals surface area (Å²) in [4.78, 5) is 24.0. The summed E-state index contributed by atoms with van der Waals surface area (Å²) in [7, 11) is 0. The summed E-state index contributed by atoms with van der Waals surface area (Å²) in [6.07, 6.45) is 3.77. The SMILES string of the molecule is CC1(Cl)C=C(c2cncc(C(=O)O)c2)C(O)=C([N+](=O)[O-])C1. The van der Waals surface area contributed by atoms with E-state index in [-0.39, 0.29) is 23.1 Å². The number of carboxylic acid groups (broad SMARTS) is 1. The number of aromatic nitrogens is 1. The van der Waals surface area contributed by atoms with Gasteiger partial charge in [0.05, 0.1) is 21.8 Å². The standard InChI is InChI=1S/C13H11ClN2O5/c1-13(14)3-9(11(17)10(4-13)16(20)21)7-2-8(12(18)19)6-15-5-7/h2-3,5-6,17H,4H2,1H3,(H,18,19). The number of hydrogen-bond donors (Lipinski definition) is 2. The molecular formula is C13H11ClN2O5. The summed E-state index contributed by atoms with van der Waals surface area (Å²) in [5.41, 5.74) is -0.157. The van der Waals surface area contributed by atoms with Crippen LogP contribution in [0.4, 0.5) is 0 Å². The molecule has 0 aliphatic heterocycles. The molecule has 0 saturated heterocycles. The summed E-state index contributed by atoms with van der Waals surface area (Å²) in [6.45, 7) is 1.57. The highest BCUT2D eigenvalue weighted by molar-refractivity contribution is 6.26. The molecule has 1 aliphatic rings. The Balaban J connectivity index is 2.60. The number of aliphatic hydroxyl groups excluding tert-OH is 1. The number of aromatic carboxylic acids is 1. The lowest BCUT2D eigenvalue weighted by Crippen LogP contribution is -2.23. The number of nitrogens with zero attached hydrogens (tertiary/aromatic N) is 2. The van der Waals surface area contributed by atoms with Gasteiger partial charge in [-0.1, -0.05) is 6.08 Å². The van der Waals surface area contributed by atoms with Gasteiger partial charge in [-0.2, -0.15) is 0 Å². The van der Waals surface area contributed by atoms with Crippen LogP contribution in [-0.2, 0) is 0 Å². The first kappa shape index (κ1) is 15.0. The first-order chi connectivity index (χ1) is 9.71. The lowest BCUT2D eigenvalue weighted by molar-refractivity contribution is -0.431. The molecule has 1 unspecified atom stereocenters. The highest BCUT2D eigenvalue weighted by Crippen LogP contribution is 2.39.